The van der Waals surface area contributed by atoms with Crippen LogP contribution < -0.4 is 16.4 Å². The molecule has 0 radical (unpaired) electrons. The fourth-order valence-corrected chi connectivity index (χ4v) is 1.76. The number of amides is 4. The van der Waals surface area contributed by atoms with Gasteiger partial charge in [-0.3, -0.25) is 14.5 Å². The number of hydrogen-bond donors (Lipinski definition) is 3. The van der Waals surface area contributed by atoms with E-state index in [2.05, 4.69) is 10.6 Å². The quantitative estimate of drug-likeness (QED) is 0.505. The van der Waals surface area contributed by atoms with Crippen LogP contribution in [-0.4, -0.2) is 42.4 Å². The molecular weight excluding hydrogens is 248 g/mol. The summed E-state index contributed by atoms with van der Waals surface area (Å²) >= 11 is 0. The van der Waals surface area contributed by atoms with Crippen LogP contribution in [0.2, 0.25) is 0 Å². The number of carbonyl (C=O) groups excluding carboxylic acids is 3. The summed E-state index contributed by atoms with van der Waals surface area (Å²) in [6.07, 6.45) is 0. The van der Waals surface area contributed by atoms with Crippen molar-refractivity contribution >= 4 is 23.5 Å². The Morgan fingerprint density at radius 1 is 1.37 bits per heavy atom. The second-order valence-corrected chi connectivity index (χ2v) is 4.05. The van der Waals surface area contributed by atoms with Crippen molar-refractivity contribution in [3.8, 4) is 0 Å². The number of imide groups is 1. The lowest BCUT2D eigenvalue weighted by Crippen LogP contribution is -2.38. The van der Waals surface area contributed by atoms with Gasteiger partial charge >= 0.3 is 6.03 Å². The van der Waals surface area contributed by atoms with Crippen molar-refractivity contribution in [3.63, 3.8) is 0 Å². The third kappa shape index (κ3) is 2.82. The Morgan fingerprint density at radius 3 is 2.74 bits per heavy atom. The molecule has 0 aromatic heterocycles. The molecule has 19 heavy (non-hydrogen) atoms. The number of hydrogen-bond acceptors (Lipinski definition) is 4. The van der Waals surface area contributed by atoms with E-state index in [1.807, 2.05) is 0 Å². The van der Waals surface area contributed by atoms with Crippen LogP contribution in [0.15, 0.2) is 24.3 Å². The third-order valence-electron chi connectivity index (χ3n) is 2.76. The highest BCUT2D eigenvalue weighted by atomic mass is 16.2. The number of nitrogens with one attached hydrogen (secondary N) is 2. The minimum atomic E-state index is -0.432. The highest BCUT2D eigenvalue weighted by Gasteiger charge is 2.27. The maximum atomic E-state index is 11.8. The number of anilines is 1. The number of benzene rings is 1. The Kier molecular flexibility index (Phi) is 3.65. The zero-order chi connectivity index (χ0) is 13.8. The monoisotopic (exact) mass is 262 g/mol. The highest BCUT2D eigenvalue weighted by molar-refractivity contribution is 6.02. The minimum absolute atomic E-state index is 0.0123. The first-order valence-corrected chi connectivity index (χ1v) is 5.80. The zero-order valence-electron chi connectivity index (χ0n) is 10.2. The van der Waals surface area contributed by atoms with Gasteiger partial charge in [-0.1, -0.05) is 12.1 Å². The van der Waals surface area contributed by atoms with Crippen LogP contribution in [0.3, 0.4) is 0 Å². The first-order valence-electron chi connectivity index (χ1n) is 5.80. The first-order chi connectivity index (χ1) is 9.09. The van der Waals surface area contributed by atoms with Gasteiger partial charge in [0.25, 0.3) is 5.91 Å². The van der Waals surface area contributed by atoms with Gasteiger partial charge in [-0.05, 0) is 12.1 Å². The van der Waals surface area contributed by atoms with E-state index in [9.17, 15) is 14.4 Å². The summed E-state index contributed by atoms with van der Waals surface area (Å²) in [7, 11) is 0. The van der Waals surface area contributed by atoms with E-state index in [0.717, 1.165) is 4.90 Å². The molecule has 1 aliphatic rings. The van der Waals surface area contributed by atoms with Crippen LogP contribution >= 0.6 is 0 Å². The third-order valence-corrected chi connectivity index (χ3v) is 2.76. The second kappa shape index (κ2) is 5.38. The zero-order valence-corrected chi connectivity index (χ0v) is 10.2. The highest BCUT2D eigenvalue weighted by Crippen LogP contribution is 2.09. The SMILES string of the molecule is Nc1ccccc1C(=O)NCCN1C(=O)CNC1=O. The van der Waals surface area contributed by atoms with Gasteiger partial charge in [-0.2, -0.15) is 0 Å². The average molecular weight is 262 g/mol. The standard InChI is InChI=1S/C12H14N4O3/c13-9-4-2-1-3-8(9)11(18)14-5-6-16-10(17)7-15-12(16)19/h1-4H,5-7,13H2,(H,14,18)(H,15,19). The predicted molar refractivity (Wildman–Crippen MR) is 68.3 cm³/mol. The Labute approximate surface area is 109 Å². The van der Waals surface area contributed by atoms with Crippen molar-refractivity contribution in [2.45, 2.75) is 0 Å². The summed E-state index contributed by atoms with van der Waals surface area (Å²) in [6, 6.07) is 6.26. The molecule has 0 bridgehead atoms. The van der Waals surface area contributed by atoms with Crippen LogP contribution in [0.5, 0.6) is 0 Å². The maximum absolute atomic E-state index is 11.8. The average Bonchev–Trinajstić information content (AvgIpc) is 2.70. The van der Waals surface area contributed by atoms with E-state index in [1.165, 1.54) is 0 Å². The normalized spacial score (nSPS) is 14.4. The molecule has 2 rings (SSSR count). The second-order valence-electron chi connectivity index (χ2n) is 4.05. The summed E-state index contributed by atoms with van der Waals surface area (Å²) in [4.78, 5) is 35.4. The number of carbonyl (C=O) groups is 3. The van der Waals surface area contributed by atoms with Gasteiger partial charge in [-0.25, -0.2) is 4.79 Å². The van der Waals surface area contributed by atoms with Gasteiger partial charge in [0, 0.05) is 18.8 Å². The molecule has 0 atom stereocenters. The molecule has 0 spiro atoms. The molecule has 4 amide bonds. The number of nitrogens with zero attached hydrogens (tertiary/aromatic N) is 1. The molecule has 1 aromatic carbocycles. The molecule has 1 aromatic rings. The van der Waals surface area contributed by atoms with Crippen molar-refractivity contribution < 1.29 is 14.4 Å². The van der Waals surface area contributed by atoms with E-state index in [0.29, 0.717) is 11.3 Å². The van der Waals surface area contributed by atoms with Gasteiger partial charge < -0.3 is 16.4 Å². The van der Waals surface area contributed by atoms with E-state index >= 15 is 0 Å². The number of rotatable bonds is 4. The van der Waals surface area contributed by atoms with Gasteiger partial charge in [0.2, 0.25) is 5.91 Å². The van der Waals surface area contributed by atoms with Gasteiger partial charge in [0.05, 0.1) is 12.1 Å². The molecule has 1 aliphatic heterocycles. The molecule has 4 N–H and O–H groups in total. The van der Waals surface area contributed by atoms with E-state index in [4.69, 9.17) is 5.73 Å². The first kappa shape index (κ1) is 12.9. The predicted octanol–water partition coefficient (Wildman–Crippen LogP) is -0.450. The molecule has 1 saturated heterocycles. The van der Waals surface area contributed by atoms with Crippen molar-refractivity contribution in [2.24, 2.45) is 0 Å². The lowest BCUT2D eigenvalue weighted by Gasteiger charge is -2.13. The van der Waals surface area contributed by atoms with Gasteiger partial charge in [0.1, 0.15) is 0 Å². The van der Waals surface area contributed by atoms with Crippen molar-refractivity contribution in [1.82, 2.24) is 15.5 Å². The Morgan fingerprint density at radius 2 is 2.11 bits per heavy atom. The molecule has 1 fully saturated rings. The van der Waals surface area contributed by atoms with Crippen LogP contribution in [0, 0.1) is 0 Å². The van der Waals surface area contributed by atoms with Crippen LogP contribution in [-0.2, 0) is 4.79 Å². The Hall–Kier alpha value is -2.57. The largest absolute Gasteiger partial charge is 0.398 e. The molecule has 7 nitrogen and oxygen atoms in total. The van der Waals surface area contributed by atoms with Crippen molar-refractivity contribution in [2.75, 3.05) is 25.4 Å². The van der Waals surface area contributed by atoms with E-state index in [-0.39, 0.29) is 31.4 Å². The van der Waals surface area contributed by atoms with E-state index < -0.39 is 6.03 Å². The molecule has 7 heteroatoms. The summed E-state index contributed by atoms with van der Waals surface area (Å²) in [5, 5.41) is 5.02. The van der Waals surface area contributed by atoms with Crippen molar-refractivity contribution in [3.05, 3.63) is 29.8 Å². The van der Waals surface area contributed by atoms with Crippen LogP contribution in [0.4, 0.5) is 10.5 Å². The number of para-hydroxylation sites is 1. The molecule has 0 unspecified atom stereocenters. The summed E-state index contributed by atoms with van der Waals surface area (Å²) in [5.41, 5.74) is 6.43. The number of nitrogens with two attached hydrogens (primary N) is 1. The fourth-order valence-electron chi connectivity index (χ4n) is 1.76. The maximum Gasteiger partial charge on any atom is 0.324 e. The van der Waals surface area contributed by atoms with Crippen LogP contribution in [0.25, 0.3) is 0 Å². The van der Waals surface area contributed by atoms with E-state index in [1.54, 1.807) is 24.3 Å². The number of nitrogen functional groups attached to an aromatic ring is 1. The molecule has 0 saturated carbocycles. The summed E-state index contributed by atoms with van der Waals surface area (Å²) < 4.78 is 0. The summed E-state index contributed by atoms with van der Waals surface area (Å²) in [5.74, 6) is -0.622. The topological polar surface area (TPSA) is 105 Å². The Balaban J connectivity index is 1.86. The lowest BCUT2D eigenvalue weighted by molar-refractivity contribution is -0.124. The van der Waals surface area contributed by atoms with Crippen molar-refractivity contribution in [1.29, 1.82) is 0 Å². The molecule has 1 heterocycles. The van der Waals surface area contributed by atoms with Crippen LogP contribution in [0.1, 0.15) is 10.4 Å². The Bertz CT molecular complexity index is 513. The lowest BCUT2D eigenvalue weighted by atomic mass is 10.1. The molecular formula is C12H14N4O3. The minimum Gasteiger partial charge on any atom is -0.398 e. The number of urea groups is 1. The molecule has 100 valence electrons. The molecule has 0 aliphatic carbocycles. The summed E-state index contributed by atoms with van der Waals surface area (Å²) in [6.45, 7) is 0.341. The smallest absolute Gasteiger partial charge is 0.324 e. The fraction of sp³-hybridized carbons (Fsp3) is 0.250. The van der Waals surface area contributed by atoms with Gasteiger partial charge in [0.15, 0.2) is 0 Å². The van der Waals surface area contributed by atoms with Gasteiger partial charge in [-0.15, -0.1) is 0 Å².